The Labute approximate surface area is 106 Å². The molecule has 0 spiro atoms. The molecule has 0 saturated carbocycles. The van der Waals surface area contributed by atoms with Crippen molar-refractivity contribution in [3.63, 3.8) is 0 Å². The van der Waals surface area contributed by atoms with Crippen molar-refractivity contribution >= 4 is 15.9 Å². The average Bonchev–Trinajstić information content (AvgIpc) is 2.33. The van der Waals surface area contributed by atoms with Gasteiger partial charge in [0, 0.05) is 10.0 Å². The third-order valence-electron chi connectivity index (χ3n) is 2.83. The van der Waals surface area contributed by atoms with Crippen LogP contribution in [-0.2, 0) is 0 Å². The molecule has 1 saturated heterocycles. The maximum atomic E-state index is 3.42. The van der Waals surface area contributed by atoms with Crippen LogP contribution in [0.25, 0.3) is 0 Å². The van der Waals surface area contributed by atoms with Gasteiger partial charge in [-0.25, -0.2) is 0 Å². The molecule has 0 aromatic heterocycles. The van der Waals surface area contributed by atoms with Gasteiger partial charge in [-0.05, 0) is 50.2 Å². The molecule has 0 N–H and O–H groups in total. The minimum atomic E-state index is 0.913. The second-order valence-electron chi connectivity index (χ2n) is 4.15. The average molecular weight is 278 g/mol. The molecule has 1 aromatic carbocycles. The number of hydrogen-bond donors (Lipinski definition) is 0. The number of benzene rings is 1. The van der Waals surface area contributed by atoms with E-state index in [1.807, 2.05) is 24.3 Å². The van der Waals surface area contributed by atoms with Crippen LogP contribution >= 0.6 is 15.9 Å². The van der Waals surface area contributed by atoms with Gasteiger partial charge in [-0.3, -0.25) is 4.90 Å². The summed E-state index contributed by atoms with van der Waals surface area (Å²) in [5.41, 5.74) is 1.10. The molecule has 1 nitrogen and oxygen atoms in total. The lowest BCUT2D eigenvalue weighted by molar-refractivity contribution is 0.255. The second kappa shape index (κ2) is 6.08. The molecule has 1 fully saturated rings. The summed E-state index contributed by atoms with van der Waals surface area (Å²) in [5, 5.41) is 0. The van der Waals surface area contributed by atoms with Gasteiger partial charge in [0.25, 0.3) is 0 Å². The molecule has 84 valence electrons. The van der Waals surface area contributed by atoms with Crippen molar-refractivity contribution in [1.82, 2.24) is 4.90 Å². The van der Waals surface area contributed by atoms with E-state index in [4.69, 9.17) is 0 Å². The van der Waals surface area contributed by atoms with Crippen LogP contribution in [0.4, 0.5) is 0 Å². The smallest absolute Gasteiger partial charge is 0.0605 e. The van der Waals surface area contributed by atoms with Crippen LogP contribution in [0.1, 0.15) is 24.8 Å². The Morgan fingerprint density at radius 3 is 2.44 bits per heavy atom. The first kappa shape index (κ1) is 11.7. The maximum Gasteiger partial charge on any atom is 0.0605 e. The molecular weight excluding hydrogens is 262 g/mol. The van der Waals surface area contributed by atoms with Crippen molar-refractivity contribution < 1.29 is 0 Å². The van der Waals surface area contributed by atoms with Crippen molar-refractivity contribution in [3.8, 4) is 11.8 Å². The largest absolute Gasteiger partial charge is 0.292 e. The number of likely N-dealkylation sites (tertiary alicyclic amines) is 1. The van der Waals surface area contributed by atoms with E-state index in [-0.39, 0.29) is 0 Å². The van der Waals surface area contributed by atoms with E-state index in [1.165, 1.54) is 32.4 Å². The first-order valence-electron chi connectivity index (χ1n) is 5.81. The lowest BCUT2D eigenvalue weighted by Crippen LogP contribution is -2.29. The van der Waals surface area contributed by atoms with E-state index in [1.54, 1.807) is 0 Å². The van der Waals surface area contributed by atoms with E-state index in [0.29, 0.717) is 0 Å². The first-order valence-corrected chi connectivity index (χ1v) is 6.61. The molecule has 0 aliphatic carbocycles. The normalized spacial score (nSPS) is 16.6. The zero-order valence-electron chi connectivity index (χ0n) is 9.38. The van der Waals surface area contributed by atoms with E-state index in [9.17, 15) is 0 Å². The molecule has 2 rings (SSSR count). The molecular formula is C14H16BrN. The molecule has 2 heteroatoms. The summed E-state index contributed by atoms with van der Waals surface area (Å²) in [4.78, 5) is 2.44. The van der Waals surface area contributed by atoms with Gasteiger partial charge in [-0.1, -0.05) is 34.2 Å². The van der Waals surface area contributed by atoms with Gasteiger partial charge in [0.15, 0.2) is 0 Å². The lowest BCUT2D eigenvalue weighted by atomic mass is 10.1. The standard InChI is InChI=1S/C14H16BrN/c15-14-8-6-13(7-9-14)5-4-12-16-10-2-1-3-11-16/h6-9H,1-3,10-12H2. The van der Waals surface area contributed by atoms with Crippen molar-refractivity contribution in [3.05, 3.63) is 34.3 Å². The fourth-order valence-corrected chi connectivity index (χ4v) is 2.17. The first-order chi connectivity index (χ1) is 7.84. The highest BCUT2D eigenvalue weighted by Crippen LogP contribution is 2.10. The van der Waals surface area contributed by atoms with Gasteiger partial charge in [0.05, 0.1) is 6.54 Å². The molecule has 1 heterocycles. The Morgan fingerprint density at radius 2 is 1.75 bits per heavy atom. The minimum absolute atomic E-state index is 0.913. The van der Waals surface area contributed by atoms with Gasteiger partial charge >= 0.3 is 0 Å². The number of nitrogens with zero attached hydrogens (tertiary/aromatic N) is 1. The molecule has 1 aliphatic rings. The molecule has 0 unspecified atom stereocenters. The molecule has 0 bridgehead atoms. The molecule has 0 radical (unpaired) electrons. The highest BCUT2D eigenvalue weighted by Gasteiger charge is 2.07. The fraction of sp³-hybridized carbons (Fsp3) is 0.429. The van der Waals surface area contributed by atoms with Crippen LogP contribution < -0.4 is 0 Å². The Hall–Kier alpha value is -0.780. The molecule has 1 aromatic rings. The topological polar surface area (TPSA) is 3.24 Å². The minimum Gasteiger partial charge on any atom is -0.292 e. The summed E-state index contributed by atoms with van der Waals surface area (Å²) >= 11 is 3.42. The summed E-state index contributed by atoms with van der Waals surface area (Å²) in [7, 11) is 0. The Bertz CT molecular complexity index is 379. The van der Waals surface area contributed by atoms with E-state index < -0.39 is 0 Å². The maximum absolute atomic E-state index is 3.42. The molecule has 16 heavy (non-hydrogen) atoms. The van der Waals surface area contributed by atoms with Gasteiger partial charge in [0.2, 0.25) is 0 Å². The monoisotopic (exact) mass is 277 g/mol. The van der Waals surface area contributed by atoms with Gasteiger partial charge < -0.3 is 0 Å². The fourth-order valence-electron chi connectivity index (χ4n) is 1.90. The van der Waals surface area contributed by atoms with Gasteiger partial charge in [-0.2, -0.15) is 0 Å². The van der Waals surface area contributed by atoms with Gasteiger partial charge in [0.1, 0.15) is 0 Å². The predicted octanol–water partition coefficient (Wildman–Crippen LogP) is 3.29. The summed E-state index contributed by atoms with van der Waals surface area (Å²) in [5.74, 6) is 6.46. The van der Waals surface area contributed by atoms with Crippen molar-refractivity contribution in [2.75, 3.05) is 19.6 Å². The van der Waals surface area contributed by atoms with Crippen LogP contribution in [0, 0.1) is 11.8 Å². The van der Waals surface area contributed by atoms with Crippen LogP contribution in [0.3, 0.4) is 0 Å². The van der Waals surface area contributed by atoms with Crippen LogP contribution in [-0.4, -0.2) is 24.5 Å². The second-order valence-corrected chi connectivity index (χ2v) is 5.06. The SMILES string of the molecule is Brc1ccc(C#CCN2CCCCC2)cc1. The summed E-state index contributed by atoms with van der Waals surface area (Å²) < 4.78 is 1.11. The highest BCUT2D eigenvalue weighted by molar-refractivity contribution is 9.10. The zero-order valence-corrected chi connectivity index (χ0v) is 11.0. The molecule has 1 aliphatic heterocycles. The molecule has 0 atom stereocenters. The molecule has 0 amide bonds. The predicted molar refractivity (Wildman–Crippen MR) is 71.3 cm³/mol. The number of hydrogen-bond acceptors (Lipinski definition) is 1. The van der Waals surface area contributed by atoms with Gasteiger partial charge in [-0.15, -0.1) is 0 Å². The van der Waals surface area contributed by atoms with E-state index in [2.05, 4.69) is 32.7 Å². The van der Waals surface area contributed by atoms with Crippen LogP contribution in [0.5, 0.6) is 0 Å². The third kappa shape index (κ3) is 3.66. The Balaban J connectivity index is 1.87. The van der Waals surface area contributed by atoms with Crippen molar-refractivity contribution in [2.24, 2.45) is 0 Å². The van der Waals surface area contributed by atoms with Crippen LogP contribution in [0.2, 0.25) is 0 Å². The summed E-state index contributed by atoms with van der Waals surface area (Å²) in [6.45, 7) is 3.35. The Kier molecular flexibility index (Phi) is 4.44. The highest BCUT2D eigenvalue weighted by atomic mass is 79.9. The van der Waals surface area contributed by atoms with E-state index in [0.717, 1.165) is 16.6 Å². The lowest BCUT2D eigenvalue weighted by Gasteiger charge is -2.23. The van der Waals surface area contributed by atoms with Crippen LogP contribution in [0.15, 0.2) is 28.7 Å². The summed E-state index contributed by atoms with van der Waals surface area (Å²) in [6.07, 6.45) is 4.05. The van der Waals surface area contributed by atoms with E-state index >= 15 is 0 Å². The summed E-state index contributed by atoms with van der Waals surface area (Å²) in [6, 6.07) is 8.16. The quantitative estimate of drug-likeness (QED) is 0.712. The van der Waals surface area contributed by atoms with Crippen molar-refractivity contribution in [1.29, 1.82) is 0 Å². The number of piperidine rings is 1. The number of halogens is 1. The Morgan fingerprint density at radius 1 is 1.06 bits per heavy atom. The van der Waals surface area contributed by atoms with Crippen molar-refractivity contribution in [2.45, 2.75) is 19.3 Å². The third-order valence-corrected chi connectivity index (χ3v) is 3.36. The number of rotatable bonds is 1. The zero-order chi connectivity index (χ0) is 11.2.